The zero-order chi connectivity index (χ0) is 18.3. The summed E-state index contributed by atoms with van der Waals surface area (Å²) in [6.45, 7) is 1.06. The minimum absolute atomic E-state index is 0.271. The molecule has 1 aromatic heterocycles. The first-order valence-electron chi connectivity index (χ1n) is 8.77. The Morgan fingerprint density at radius 2 is 1.73 bits per heavy atom. The molecule has 3 aromatic rings. The molecule has 2 aromatic carbocycles. The molecule has 2 heterocycles. The number of hydrogen-bond donors (Lipinski definition) is 0. The van der Waals surface area contributed by atoms with Crippen LogP contribution in [-0.2, 0) is 17.1 Å². The Morgan fingerprint density at radius 1 is 1.00 bits per heavy atom. The Morgan fingerprint density at radius 3 is 2.42 bits per heavy atom. The summed E-state index contributed by atoms with van der Waals surface area (Å²) in [5.74, 6) is 0.373. The summed E-state index contributed by atoms with van der Waals surface area (Å²) in [6.07, 6.45) is 1.65. The van der Waals surface area contributed by atoms with Gasteiger partial charge in [0.05, 0.1) is 4.90 Å². The van der Waals surface area contributed by atoms with Crippen LogP contribution in [-0.4, -0.2) is 30.4 Å². The summed E-state index contributed by atoms with van der Waals surface area (Å²) in [7, 11) is -1.39. The second-order valence-corrected chi connectivity index (χ2v) is 9.20. The van der Waals surface area contributed by atoms with Crippen molar-refractivity contribution in [2.45, 2.75) is 23.7 Å². The number of nitrogens with zero attached hydrogens (tertiary/aromatic N) is 2. The number of aryl methyl sites for hydroxylation is 1. The van der Waals surface area contributed by atoms with Gasteiger partial charge in [0.2, 0.25) is 10.0 Å². The van der Waals surface area contributed by atoms with Gasteiger partial charge in [-0.2, -0.15) is 4.31 Å². The molecule has 1 fully saturated rings. The Bertz CT molecular complexity index is 1050. The molecule has 0 radical (unpaired) electrons. The van der Waals surface area contributed by atoms with Gasteiger partial charge in [0.1, 0.15) is 0 Å². The fourth-order valence-corrected chi connectivity index (χ4v) is 5.64. The predicted octanol–water partition coefficient (Wildman–Crippen LogP) is 4.40. The lowest BCUT2D eigenvalue weighted by molar-refractivity contribution is 0.314. The van der Waals surface area contributed by atoms with Crippen molar-refractivity contribution in [3.63, 3.8) is 0 Å². The molecule has 4 rings (SSSR count). The van der Waals surface area contributed by atoms with E-state index < -0.39 is 10.0 Å². The van der Waals surface area contributed by atoms with E-state index in [-0.39, 0.29) is 4.90 Å². The van der Waals surface area contributed by atoms with Crippen molar-refractivity contribution >= 4 is 32.5 Å². The van der Waals surface area contributed by atoms with Crippen LogP contribution in [0.3, 0.4) is 0 Å². The van der Waals surface area contributed by atoms with Crippen LogP contribution in [0.15, 0.2) is 59.5 Å². The van der Waals surface area contributed by atoms with E-state index in [1.54, 1.807) is 22.5 Å². The molecule has 26 heavy (non-hydrogen) atoms. The molecule has 0 spiro atoms. The van der Waals surface area contributed by atoms with Gasteiger partial charge in [-0.25, -0.2) is 8.42 Å². The van der Waals surface area contributed by atoms with Gasteiger partial charge in [0.25, 0.3) is 0 Å². The molecule has 1 aliphatic rings. The van der Waals surface area contributed by atoms with Gasteiger partial charge in [0, 0.05) is 42.3 Å². The maximum Gasteiger partial charge on any atom is 0.243 e. The van der Waals surface area contributed by atoms with Gasteiger partial charge >= 0.3 is 0 Å². The summed E-state index contributed by atoms with van der Waals surface area (Å²) in [5.41, 5.74) is 2.50. The highest BCUT2D eigenvalue weighted by molar-refractivity contribution is 7.89. The number of aromatic nitrogens is 1. The van der Waals surface area contributed by atoms with Crippen molar-refractivity contribution in [3.8, 4) is 0 Å². The highest BCUT2D eigenvalue weighted by atomic mass is 35.5. The van der Waals surface area contributed by atoms with Crippen LogP contribution in [0.2, 0.25) is 5.02 Å². The van der Waals surface area contributed by atoms with E-state index in [2.05, 4.69) is 29.8 Å². The quantitative estimate of drug-likeness (QED) is 0.667. The fraction of sp³-hybridized carbons (Fsp3) is 0.300. The predicted molar refractivity (Wildman–Crippen MR) is 105 cm³/mol. The zero-order valence-electron chi connectivity index (χ0n) is 14.6. The second kappa shape index (κ2) is 6.72. The van der Waals surface area contributed by atoms with E-state index in [1.165, 1.54) is 22.7 Å². The molecule has 1 aliphatic heterocycles. The molecule has 0 N–H and O–H groups in total. The summed E-state index contributed by atoms with van der Waals surface area (Å²) >= 11 is 5.96. The summed E-state index contributed by atoms with van der Waals surface area (Å²) in [5, 5.41) is 1.68. The van der Waals surface area contributed by atoms with E-state index in [9.17, 15) is 8.42 Å². The summed E-state index contributed by atoms with van der Waals surface area (Å²) < 4.78 is 29.5. The Labute approximate surface area is 159 Å². The third-order valence-electron chi connectivity index (χ3n) is 5.29. The lowest BCUT2D eigenvalue weighted by Gasteiger charge is -2.31. The third-order valence-corrected chi connectivity index (χ3v) is 7.42. The smallest absolute Gasteiger partial charge is 0.243 e. The SMILES string of the molecule is Cn1c(C2CCN(S(=O)(=O)c3cccc(Cl)c3)CC2)cc2ccccc21. The molecule has 0 atom stereocenters. The molecule has 6 heteroatoms. The van der Waals surface area contributed by atoms with E-state index in [4.69, 9.17) is 11.6 Å². The monoisotopic (exact) mass is 388 g/mol. The number of rotatable bonds is 3. The first-order valence-corrected chi connectivity index (χ1v) is 10.6. The van der Waals surface area contributed by atoms with Crippen LogP contribution in [0.4, 0.5) is 0 Å². The number of benzene rings is 2. The number of halogens is 1. The Kier molecular flexibility index (Phi) is 4.55. The van der Waals surface area contributed by atoms with E-state index in [0.717, 1.165) is 12.8 Å². The molecule has 0 amide bonds. The molecular weight excluding hydrogens is 368 g/mol. The molecule has 1 saturated heterocycles. The van der Waals surface area contributed by atoms with Crippen molar-refractivity contribution in [2.24, 2.45) is 7.05 Å². The van der Waals surface area contributed by atoms with E-state index in [1.807, 2.05) is 12.1 Å². The van der Waals surface area contributed by atoms with Crippen LogP contribution in [0.25, 0.3) is 10.9 Å². The molecule has 0 bridgehead atoms. The summed E-state index contributed by atoms with van der Waals surface area (Å²) in [4.78, 5) is 0.271. The maximum absolute atomic E-state index is 12.9. The number of fused-ring (bicyclic) bond motifs is 1. The standard InChI is InChI=1S/C20H21ClN2O2S/c1-22-19-8-3-2-5-16(19)13-20(22)15-9-11-23(12-10-15)26(24,25)18-7-4-6-17(21)14-18/h2-8,13-15H,9-12H2,1H3. The van der Waals surface area contributed by atoms with Gasteiger partial charge in [-0.15, -0.1) is 0 Å². The third kappa shape index (κ3) is 3.04. The largest absolute Gasteiger partial charge is 0.347 e. The maximum atomic E-state index is 12.9. The van der Waals surface area contributed by atoms with Crippen LogP contribution in [0, 0.1) is 0 Å². The molecule has 0 unspecified atom stereocenters. The van der Waals surface area contributed by atoms with Gasteiger partial charge < -0.3 is 4.57 Å². The van der Waals surface area contributed by atoms with Crippen molar-refractivity contribution < 1.29 is 8.42 Å². The van der Waals surface area contributed by atoms with Gasteiger partial charge in [-0.1, -0.05) is 35.9 Å². The molecule has 0 saturated carbocycles. The van der Waals surface area contributed by atoms with Crippen LogP contribution in [0.5, 0.6) is 0 Å². The van der Waals surface area contributed by atoms with Crippen molar-refractivity contribution in [1.29, 1.82) is 0 Å². The average molecular weight is 389 g/mol. The number of para-hydroxylation sites is 1. The molecule has 4 nitrogen and oxygen atoms in total. The minimum atomic E-state index is -3.48. The highest BCUT2D eigenvalue weighted by Crippen LogP contribution is 2.33. The molecule has 0 aliphatic carbocycles. The van der Waals surface area contributed by atoms with E-state index >= 15 is 0 Å². The first-order chi connectivity index (χ1) is 12.5. The fourth-order valence-electron chi connectivity index (χ4n) is 3.87. The number of piperidine rings is 1. The van der Waals surface area contributed by atoms with Gasteiger partial charge in [-0.3, -0.25) is 0 Å². The normalized spacial score (nSPS) is 17.0. The van der Waals surface area contributed by atoms with Crippen molar-refractivity contribution in [3.05, 3.63) is 65.3 Å². The summed E-state index contributed by atoms with van der Waals surface area (Å²) in [6, 6.07) is 17.1. The molecular formula is C20H21ClN2O2S. The van der Waals surface area contributed by atoms with Crippen LogP contribution < -0.4 is 0 Å². The zero-order valence-corrected chi connectivity index (χ0v) is 16.2. The van der Waals surface area contributed by atoms with Gasteiger partial charge in [0.15, 0.2) is 0 Å². The topological polar surface area (TPSA) is 42.3 Å². The second-order valence-electron chi connectivity index (χ2n) is 6.82. The first kappa shape index (κ1) is 17.6. The Balaban J connectivity index is 1.54. The van der Waals surface area contributed by atoms with Gasteiger partial charge in [-0.05, 0) is 48.6 Å². The van der Waals surface area contributed by atoms with Crippen molar-refractivity contribution in [2.75, 3.05) is 13.1 Å². The number of hydrogen-bond acceptors (Lipinski definition) is 2. The van der Waals surface area contributed by atoms with E-state index in [0.29, 0.717) is 24.0 Å². The highest BCUT2D eigenvalue weighted by Gasteiger charge is 2.31. The van der Waals surface area contributed by atoms with Crippen molar-refractivity contribution in [1.82, 2.24) is 8.87 Å². The van der Waals surface area contributed by atoms with Crippen LogP contribution in [0.1, 0.15) is 24.5 Å². The Hall–Kier alpha value is -1.82. The lowest BCUT2D eigenvalue weighted by Crippen LogP contribution is -2.38. The lowest BCUT2D eigenvalue weighted by atomic mass is 9.94. The van der Waals surface area contributed by atoms with Crippen LogP contribution >= 0.6 is 11.6 Å². The average Bonchev–Trinajstić information content (AvgIpc) is 2.99. The number of sulfonamides is 1. The molecule has 136 valence electrons. The minimum Gasteiger partial charge on any atom is -0.347 e.